The Morgan fingerprint density at radius 2 is 1.94 bits per heavy atom. The van der Waals surface area contributed by atoms with Gasteiger partial charge >= 0.3 is 0 Å². The van der Waals surface area contributed by atoms with Crippen LogP contribution in [0.25, 0.3) is 0 Å². The van der Waals surface area contributed by atoms with E-state index in [0.29, 0.717) is 18.8 Å². The number of ether oxygens (including phenoxy) is 1. The lowest BCUT2D eigenvalue weighted by Crippen LogP contribution is -1.97. The highest BCUT2D eigenvalue weighted by molar-refractivity contribution is 5.48. The molecule has 1 rings (SSSR count). The molecule has 0 radical (unpaired) electrons. The number of nitrogens with zero attached hydrogens (tertiary/aromatic N) is 1. The van der Waals surface area contributed by atoms with Crippen LogP contribution in [0, 0.1) is 10.1 Å². The highest BCUT2D eigenvalue weighted by Crippen LogP contribution is 2.17. The van der Waals surface area contributed by atoms with Crippen LogP contribution in [-0.4, -0.2) is 17.8 Å². The number of unbranched alkanes of at least 4 members (excludes halogenated alkanes) is 2. The van der Waals surface area contributed by atoms with Gasteiger partial charge in [0.1, 0.15) is 12.0 Å². The van der Waals surface area contributed by atoms with Crippen molar-refractivity contribution in [3.05, 3.63) is 34.4 Å². The number of nitro groups is 1. The summed E-state index contributed by atoms with van der Waals surface area (Å²) in [5.41, 5.74) is 0.0494. The minimum Gasteiger partial charge on any atom is -0.494 e. The number of rotatable bonds is 7. The van der Waals surface area contributed by atoms with Crippen molar-refractivity contribution in [3.63, 3.8) is 0 Å². The van der Waals surface area contributed by atoms with Crippen molar-refractivity contribution in [2.75, 3.05) is 6.61 Å². The van der Waals surface area contributed by atoms with Crippen LogP contribution >= 0.6 is 0 Å². The van der Waals surface area contributed by atoms with Gasteiger partial charge in [-0.05, 0) is 25.0 Å². The third-order valence-corrected chi connectivity index (χ3v) is 2.03. The zero-order valence-electron chi connectivity index (χ0n) is 8.80. The van der Waals surface area contributed by atoms with Crippen LogP contribution in [0.4, 0.5) is 5.69 Å². The molecule has 5 heteroatoms. The molecule has 0 aliphatic rings. The van der Waals surface area contributed by atoms with Gasteiger partial charge in [-0.25, -0.2) is 0 Å². The van der Waals surface area contributed by atoms with Crippen molar-refractivity contribution >= 4 is 12.0 Å². The molecule has 0 spiro atoms. The maximum Gasteiger partial charge on any atom is 0.269 e. The van der Waals surface area contributed by atoms with Crippen LogP contribution in [-0.2, 0) is 4.79 Å². The highest BCUT2D eigenvalue weighted by Gasteiger charge is 2.03. The molecule has 0 aromatic heterocycles. The van der Waals surface area contributed by atoms with E-state index in [2.05, 4.69) is 0 Å². The number of carbonyl (C=O) groups excluding carboxylic acids is 1. The average Bonchev–Trinajstić information content (AvgIpc) is 2.29. The summed E-state index contributed by atoms with van der Waals surface area (Å²) in [6.07, 6.45) is 3.03. The van der Waals surface area contributed by atoms with Crippen LogP contribution < -0.4 is 4.74 Å². The van der Waals surface area contributed by atoms with Gasteiger partial charge in [0.2, 0.25) is 0 Å². The Balaban J connectivity index is 2.32. The Kier molecular flexibility index (Phi) is 4.98. The zero-order chi connectivity index (χ0) is 11.8. The summed E-state index contributed by atoms with van der Waals surface area (Å²) < 4.78 is 5.35. The Morgan fingerprint density at radius 1 is 1.25 bits per heavy atom. The second kappa shape index (κ2) is 6.55. The van der Waals surface area contributed by atoms with E-state index in [1.165, 1.54) is 12.1 Å². The maximum atomic E-state index is 10.4. The van der Waals surface area contributed by atoms with Crippen molar-refractivity contribution in [3.8, 4) is 5.75 Å². The summed E-state index contributed by atoms with van der Waals surface area (Å²) in [7, 11) is 0. The summed E-state index contributed by atoms with van der Waals surface area (Å²) >= 11 is 0. The van der Waals surface area contributed by atoms with Crippen molar-refractivity contribution in [2.24, 2.45) is 0 Å². The first kappa shape index (κ1) is 12.2. The number of aldehydes is 1. The molecular formula is C11H13NO4. The Hall–Kier alpha value is -1.91. The third kappa shape index (κ3) is 4.08. The molecule has 0 fully saturated rings. The highest BCUT2D eigenvalue weighted by atomic mass is 16.6. The van der Waals surface area contributed by atoms with Crippen LogP contribution in [0.15, 0.2) is 24.3 Å². The van der Waals surface area contributed by atoms with E-state index in [-0.39, 0.29) is 5.69 Å². The summed E-state index contributed by atoms with van der Waals surface area (Å²) in [5, 5.41) is 10.4. The second-order valence-electron chi connectivity index (χ2n) is 3.26. The minimum absolute atomic E-state index is 0.0494. The van der Waals surface area contributed by atoms with E-state index >= 15 is 0 Å². The summed E-state index contributed by atoms with van der Waals surface area (Å²) in [6, 6.07) is 5.94. The van der Waals surface area contributed by atoms with Gasteiger partial charge in [0.25, 0.3) is 5.69 Å². The molecule has 1 aromatic rings. The Morgan fingerprint density at radius 3 is 2.50 bits per heavy atom. The molecule has 0 unspecified atom stereocenters. The van der Waals surface area contributed by atoms with E-state index in [1.807, 2.05) is 0 Å². The number of carbonyl (C=O) groups is 1. The molecule has 0 heterocycles. The first-order chi connectivity index (χ1) is 7.74. The standard InChI is InChI=1S/C11H13NO4/c13-8-2-1-3-9-16-11-6-4-10(5-7-11)12(14)15/h4-8H,1-3,9H2. The van der Waals surface area contributed by atoms with Gasteiger partial charge in [-0.15, -0.1) is 0 Å². The molecule has 0 atom stereocenters. The predicted molar refractivity (Wildman–Crippen MR) is 58.5 cm³/mol. The fourth-order valence-corrected chi connectivity index (χ4v) is 1.18. The first-order valence-electron chi connectivity index (χ1n) is 5.05. The second-order valence-corrected chi connectivity index (χ2v) is 3.26. The van der Waals surface area contributed by atoms with Gasteiger partial charge < -0.3 is 9.53 Å². The van der Waals surface area contributed by atoms with E-state index < -0.39 is 4.92 Å². The molecule has 16 heavy (non-hydrogen) atoms. The Labute approximate surface area is 93.2 Å². The molecule has 0 bridgehead atoms. The van der Waals surface area contributed by atoms with Gasteiger partial charge in [0.15, 0.2) is 0 Å². The topological polar surface area (TPSA) is 69.4 Å². The smallest absolute Gasteiger partial charge is 0.269 e. The fourth-order valence-electron chi connectivity index (χ4n) is 1.18. The number of hydrogen-bond acceptors (Lipinski definition) is 4. The van der Waals surface area contributed by atoms with E-state index in [4.69, 9.17) is 4.74 Å². The predicted octanol–water partition coefficient (Wildman–Crippen LogP) is 2.34. The maximum absolute atomic E-state index is 10.4. The lowest BCUT2D eigenvalue weighted by molar-refractivity contribution is -0.384. The minimum atomic E-state index is -0.451. The Bertz CT molecular complexity index is 348. The molecule has 5 nitrogen and oxygen atoms in total. The van der Waals surface area contributed by atoms with Gasteiger partial charge in [0.05, 0.1) is 11.5 Å². The molecular weight excluding hydrogens is 210 g/mol. The monoisotopic (exact) mass is 223 g/mol. The number of nitro benzene ring substituents is 1. The van der Waals surface area contributed by atoms with E-state index in [1.54, 1.807) is 12.1 Å². The summed E-state index contributed by atoms with van der Waals surface area (Å²) in [5.74, 6) is 0.608. The fraction of sp³-hybridized carbons (Fsp3) is 0.364. The normalized spacial score (nSPS) is 9.75. The SMILES string of the molecule is O=CCCCCOc1ccc([N+](=O)[O-])cc1. The molecule has 0 N–H and O–H groups in total. The molecule has 0 aliphatic heterocycles. The number of hydrogen-bond donors (Lipinski definition) is 0. The quantitative estimate of drug-likeness (QED) is 0.308. The first-order valence-corrected chi connectivity index (χ1v) is 5.05. The van der Waals surface area contributed by atoms with Gasteiger partial charge in [0, 0.05) is 18.6 Å². The third-order valence-electron chi connectivity index (χ3n) is 2.03. The molecule has 0 aliphatic carbocycles. The van der Waals surface area contributed by atoms with E-state index in [9.17, 15) is 14.9 Å². The summed E-state index contributed by atoms with van der Waals surface area (Å²) in [6.45, 7) is 0.519. The zero-order valence-corrected chi connectivity index (χ0v) is 8.80. The van der Waals surface area contributed by atoms with Crippen molar-refractivity contribution < 1.29 is 14.5 Å². The summed E-state index contributed by atoms with van der Waals surface area (Å²) in [4.78, 5) is 20.0. The lowest BCUT2D eigenvalue weighted by atomic mass is 10.2. The average molecular weight is 223 g/mol. The molecule has 86 valence electrons. The van der Waals surface area contributed by atoms with Crippen LogP contribution in [0.5, 0.6) is 5.75 Å². The molecule has 0 amide bonds. The van der Waals surface area contributed by atoms with Crippen LogP contribution in [0.3, 0.4) is 0 Å². The van der Waals surface area contributed by atoms with Crippen LogP contribution in [0.1, 0.15) is 19.3 Å². The van der Waals surface area contributed by atoms with Crippen molar-refractivity contribution in [2.45, 2.75) is 19.3 Å². The van der Waals surface area contributed by atoms with E-state index in [0.717, 1.165) is 19.1 Å². The van der Waals surface area contributed by atoms with Gasteiger partial charge in [-0.1, -0.05) is 0 Å². The molecule has 0 saturated heterocycles. The van der Waals surface area contributed by atoms with Crippen molar-refractivity contribution in [1.82, 2.24) is 0 Å². The largest absolute Gasteiger partial charge is 0.494 e. The lowest BCUT2D eigenvalue weighted by Gasteiger charge is -2.04. The van der Waals surface area contributed by atoms with Crippen LogP contribution in [0.2, 0.25) is 0 Å². The number of benzene rings is 1. The molecule has 0 saturated carbocycles. The number of non-ortho nitro benzene ring substituents is 1. The van der Waals surface area contributed by atoms with Gasteiger partial charge in [-0.3, -0.25) is 10.1 Å². The van der Waals surface area contributed by atoms with Gasteiger partial charge in [-0.2, -0.15) is 0 Å². The van der Waals surface area contributed by atoms with Crippen molar-refractivity contribution in [1.29, 1.82) is 0 Å². The molecule has 1 aromatic carbocycles.